The molecule has 2 aromatic carbocycles. The number of anilines is 1. The van der Waals surface area contributed by atoms with Crippen LogP contribution in [0.15, 0.2) is 47.8 Å². The van der Waals surface area contributed by atoms with Crippen LogP contribution in [0.4, 0.5) is 5.69 Å². The number of rotatable bonds is 5. The van der Waals surface area contributed by atoms with Crippen LogP contribution in [0.5, 0.6) is 11.5 Å². The Balaban J connectivity index is 1.42. The van der Waals surface area contributed by atoms with Gasteiger partial charge in [-0.25, -0.2) is 4.98 Å². The first kappa shape index (κ1) is 16.6. The number of nitrogens with one attached hydrogen (secondary N) is 1. The molecular formula is C20H18N2O3S. The number of hydrogen-bond acceptors (Lipinski definition) is 5. The van der Waals surface area contributed by atoms with E-state index in [9.17, 15) is 4.79 Å². The number of aromatic nitrogens is 1. The Morgan fingerprint density at radius 1 is 1.15 bits per heavy atom. The standard InChI is InChI=1S/C20H18N2O3S/c1-2-13-3-6-15(7-4-13)21-19(23)10-20-22-16(11-26-20)14-5-8-17-18(9-14)25-12-24-17/h3-9,11H,2,10,12H2,1H3,(H,21,23). The quantitative estimate of drug-likeness (QED) is 0.732. The minimum atomic E-state index is -0.0687. The summed E-state index contributed by atoms with van der Waals surface area (Å²) < 4.78 is 10.7. The monoisotopic (exact) mass is 366 g/mol. The maximum Gasteiger partial charge on any atom is 0.231 e. The van der Waals surface area contributed by atoms with Crippen molar-refractivity contribution in [3.05, 3.63) is 58.4 Å². The molecule has 0 saturated heterocycles. The number of nitrogens with zero attached hydrogens (tertiary/aromatic N) is 1. The predicted octanol–water partition coefficient (Wildman–Crippen LogP) is 4.28. The van der Waals surface area contributed by atoms with Crippen LogP contribution in [0, 0.1) is 0 Å². The van der Waals surface area contributed by atoms with Gasteiger partial charge in [0.05, 0.1) is 12.1 Å². The number of benzene rings is 2. The molecule has 0 saturated carbocycles. The van der Waals surface area contributed by atoms with Crippen LogP contribution in [-0.4, -0.2) is 17.7 Å². The number of carbonyl (C=O) groups excluding carboxylic acids is 1. The van der Waals surface area contributed by atoms with Gasteiger partial charge in [0.2, 0.25) is 12.7 Å². The fraction of sp³-hybridized carbons (Fsp3) is 0.200. The maximum absolute atomic E-state index is 12.3. The lowest BCUT2D eigenvalue weighted by atomic mass is 10.1. The van der Waals surface area contributed by atoms with Crippen LogP contribution >= 0.6 is 11.3 Å². The molecule has 0 spiro atoms. The third kappa shape index (κ3) is 3.55. The van der Waals surface area contributed by atoms with Crippen molar-refractivity contribution in [2.75, 3.05) is 12.1 Å². The van der Waals surface area contributed by atoms with Crippen LogP contribution in [0.25, 0.3) is 11.3 Å². The molecule has 0 unspecified atom stereocenters. The van der Waals surface area contributed by atoms with Crippen molar-refractivity contribution < 1.29 is 14.3 Å². The topological polar surface area (TPSA) is 60.5 Å². The van der Waals surface area contributed by atoms with Crippen molar-refractivity contribution in [1.29, 1.82) is 0 Å². The van der Waals surface area contributed by atoms with Crippen molar-refractivity contribution in [3.8, 4) is 22.8 Å². The number of aryl methyl sites for hydroxylation is 1. The molecule has 0 atom stereocenters. The number of hydrogen-bond donors (Lipinski definition) is 1. The molecule has 0 fully saturated rings. The summed E-state index contributed by atoms with van der Waals surface area (Å²) in [6, 6.07) is 13.6. The number of amides is 1. The fourth-order valence-corrected chi connectivity index (χ4v) is 3.55. The molecule has 0 aliphatic carbocycles. The highest BCUT2D eigenvalue weighted by molar-refractivity contribution is 7.10. The molecule has 1 aliphatic rings. The highest BCUT2D eigenvalue weighted by atomic mass is 32.1. The molecule has 1 N–H and O–H groups in total. The van der Waals surface area contributed by atoms with E-state index >= 15 is 0 Å². The number of thiazole rings is 1. The zero-order valence-electron chi connectivity index (χ0n) is 14.3. The molecular weight excluding hydrogens is 348 g/mol. The van der Waals surface area contributed by atoms with Gasteiger partial charge >= 0.3 is 0 Å². The maximum atomic E-state index is 12.3. The molecule has 6 heteroatoms. The normalized spacial score (nSPS) is 12.2. The second-order valence-corrected chi connectivity index (χ2v) is 6.91. The van der Waals surface area contributed by atoms with Gasteiger partial charge in [-0.05, 0) is 42.3 Å². The molecule has 1 aromatic heterocycles. The Morgan fingerprint density at radius 3 is 2.77 bits per heavy atom. The van der Waals surface area contributed by atoms with E-state index in [1.54, 1.807) is 0 Å². The summed E-state index contributed by atoms with van der Waals surface area (Å²) in [7, 11) is 0. The SMILES string of the molecule is CCc1ccc(NC(=O)Cc2nc(-c3ccc4c(c3)OCO4)cs2)cc1. The first-order valence-electron chi connectivity index (χ1n) is 8.44. The van der Waals surface area contributed by atoms with E-state index in [0.717, 1.165) is 39.9 Å². The van der Waals surface area contributed by atoms with E-state index in [1.165, 1.54) is 16.9 Å². The summed E-state index contributed by atoms with van der Waals surface area (Å²) in [6.07, 6.45) is 1.24. The minimum absolute atomic E-state index is 0.0687. The number of carbonyl (C=O) groups is 1. The van der Waals surface area contributed by atoms with E-state index in [0.29, 0.717) is 0 Å². The lowest BCUT2D eigenvalue weighted by Gasteiger charge is -2.05. The lowest BCUT2D eigenvalue weighted by molar-refractivity contribution is -0.115. The van der Waals surface area contributed by atoms with Gasteiger partial charge in [-0.15, -0.1) is 11.3 Å². The molecule has 132 valence electrons. The Hall–Kier alpha value is -2.86. The van der Waals surface area contributed by atoms with E-state index in [-0.39, 0.29) is 19.1 Å². The Kier molecular flexibility index (Phi) is 4.58. The van der Waals surface area contributed by atoms with Crippen molar-refractivity contribution in [3.63, 3.8) is 0 Å². The van der Waals surface area contributed by atoms with Gasteiger partial charge in [-0.2, -0.15) is 0 Å². The highest BCUT2D eigenvalue weighted by Gasteiger charge is 2.15. The van der Waals surface area contributed by atoms with Gasteiger partial charge in [0, 0.05) is 16.6 Å². The Morgan fingerprint density at radius 2 is 1.96 bits per heavy atom. The van der Waals surface area contributed by atoms with Gasteiger partial charge in [0.1, 0.15) is 5.01 Å². The van der Waals surface area contributed by atoms with Crippen LogP contribution in [0.2, 0.25) is 0 Å². The molecule has 0 bridgehead atoms. The average molecular weight is 366 g/mol. The van der Waals surface area contributed by atoms with Crippen molar-refractivity contribution in [2.45, 2.75) is 19.8 Å². The van der Waals surface area contributed by atoms with Crippen LogP contribution in [0.3, 0.4) is 0 Å². The Labute approximate surface area is 155 Å². The summed E-state index contributed by atoms with van der Waals surface area (Å²) in [4.78, 5) is 16.8. The predicted molar refractivity (Wildman–Crippen MR) is 102 cm³/mol. The number of fused-ring (bicyclic) bond motifs is 1. The largest absolute Gasteiger partial charge is 0.454 e. The molecule has 5 nitrogen and oxygen atoms in total. The highest BCUT2D eigenvalue weighted by Crippen LogP contribution is 2.36. The smallest absolute Gasteiger partial charge is 0.231 e. The third-order valence-electron chi connectivity index (χ3n) is 4.18. The minimum Gasteiger partial charge on any atom is -0.454 e. The number of ether oxygens (including phenoxy) is 2. The average Bonchev–Trinajstić information content (AvgIpc) is 3.30. The second kappa shape index (κ2) is 7.17. The lowest BCUT2D eigenvalue weighted by Crippen LogP contribution is -2.14. The van der Waals surface area contributed by atoms with Crippen molar-refractivity contribution in [2.24, 2.45) is 0 Å². The third-order valence-corrected chi connectivity index (χ3v) is 5.03. The van der Waals surface area contributed by atoms with Gasteiger partial charge in [0.25, 0.3) is 0 Å². The van der Waals surface area contributed by atoms with Crippen LogP contribution in [-0.2, 0) is 17.6 Å². The first-order valence-corrected chi connectivity index (χ1v) is 9.32. The summed E-state index contributed by atoms with van der Waals surface area (Å²) in [6.45, 7) is 2.36. The molecule has 2 heterocycles. The summed E-state index contributed by atoms with van der Waals surface area (Å²) in [5.74, 6) is 1.41. The molecule has 0 radical (unpaired) electrons. The molecule has 26 heavy (non-hydrogen) atoms. The molecule has 4 rings (SSSR count). The van der Waals surface area contributed by atoms with Crippen molar-refractivity contribution >= 4 is 22.9 Å². The summed E-state index contributed by atoms with van der Waals surface area (Å²) >= 11 is 1.48. The molecule has 3 aromatic rings. The van der Waals surface area contributed by atoms with Crippen LogP contribution < -0.4 is 14.8 Å². The zero-order chi connectivity index (χ0) is 17.9. The molecule has 1 amide bonds. The van der Waals surface area contributed by atoms with E-state index in [4.69, 9.17) is 9.47 Å². The summed E-state index contributed by atoms with van der Waals surface area (Å²) in [5.41, 5.74) is 3.84. The molecule has 1 aliphatic heterocycles. The summed E-state index contributed by atoms with van der Waals surface area (Å²) in [5, 5.41) is 5.65. The van der Waals surface area contributed by atoms with Crippen LogP contribution in [0.1, 0.15) is 17.5 Å². The second-order valence-electron chi connectivity index (χ2n) is 5.97. The first-order chi connectivity index (χ1) is 12.7. The van der Waals surface area contributed by atoms with Gasteiger partial charge < -0.3 is 14.8 Å². The van der Waals surface area contributed by atoms with Gasteiger partial charge in [-0.3, -0.25) is 4.79 Å². The Bertz CT molecular complexity index is 934. The van der Waals surface area contributed by atoms with E-state index < -0.39 is 0 Å². The zero-order valence-corrected chi connectivity index (χ0v) is 15.1. The van der Waals surface area contributed by atoms with Crippen molar-refractivity contribution in [1.82, 2.24) is 4.98 Å². The van der Waals surface area contributed by atoms with E-state index in [2.05, 4.69) is 17.2 Å². The van der Waals surface area contributed by atoms with Gasteiger partial charge in [-0.1, -0.05) is 19.1 Å². The van der Waals surface area contributed by atoms with E-state index in [1.807, 2.05) is 47.8 Å². The van der Waals surface area contributed by atoms with Gasteiger partial charge in [0.15, 0.2) is 11.5 Å². The fourth-order valence-electron chi connectivity index (χ4n) is 2.75.